The van der Waals surface area contributed by atoms with Crippen LogP contribution < -0.4 is 21.3 Å². The Labute approximate surface area is 275 Å². The topological polar surface area (TPSA) is 50.8 Å². The van der Waals surface area contributed by atoms with Gasteiger partial charge in [-0.25, -0.2) is 0 Å². The lowest BCUT2D eigenvalue weighted by Crippen LogP contribution is -2.56. The zero-order valence-electron chi connectivity index (χ0n) is 28.2. The van der Waals surface area contributed by atoms with E-state index in [0.717, 1.165) is 22.4 Å². The zero-order chi connectivity index (χ0) is 33.1. The first-order chi connectivity index (χ1) is 22.0. The summed E-state index contributed by atoms with van der Waals surface area (Å²) in [4.78, 5) is 2.19. The summed E-state index contributed by atoms with van der Waals surface area (Å²) >= 11 is 0. The number of allylic oxidation sites excluding steroid dienone is 1. The van der Waals surface area contributed by atoms with E-state index in [1.807, 2.05) is 24.3 Å². The molecule has 0 saturated carbocycles. The molecule has 0 atom stereocenters. The number of aryl methyl sites for hydroxylation is 6. The lowest BCUT2D eigenvalue weighted by molar-refractivity contribution is 1.13. The van der Waals surface area contributed by atoms with Gasteiger partial charge in [0.05, 0.1) is 0 Å². The van der Waals surface area contributed by atoms with Crippen LogP contribution >= 0.6 is 0 Å². The van der Waals surface area contributed by atoms with Gasteiger partial charge in [-0.3, -0.25) is 0 Å². The number of anilines is 1. The molecular weight excluding hydrogens is 557 g/mol. The maximum Gasteiger partial charge on any atom is 0.243 e. The fraction of sp³-hybridized carbons (Fsp3) is 0.190. The molecular formula is C42H40BN3. The van der Waals surface area contributed by atoms with Crippen molar-refractivity contribution in [3.8, 4) is 34.4 Å². The first-order valence-corrected chi connectivity index (χ1v) is 15.7. The zero-order valence-corrected chi connectivity index (χ0v) is 28.2. The highest BCUT2D eigenvalue weighted by Crippen LogP contribution is 2.34. The van der Waals surface area contributed by atoms with Crippen molar-refractivity contribution in [2.24, 2.45) is 0 Å². The van der Waals surface area contributed by atoms with Crippen LogP contribution in [-0.4, -0.2) is 20.8 Å². The first-order valence-electron chi connectivity index (χ1n) is 15.7. The number of hydrogen-bond acceptors (Lipinski definition) is 3. The molecule has 226 valence electrons. The Morgan fingerprint density at radius 3 is 1.61 bits per heavy atom. The van der Waals surface area contributed by atoms with Crippen LogP contribution in [0.4, 0.5) is 5.69 Å². The molecule has 4 heteroatoms. The third kappa shape index (κ3) is 6.40. The van der Waals surface area contributed by atoms with Gasteiger partial charge in [-0.1, -0.05) is 129 Å². The Kier molecular flexibility index (Phi) is 9.32. The van der Waals surface area contributed by atoms with E-state index in [4.69, 9.17) is 0 Å². The fourth-order valence-electron chi connectivity index (χ4n) is 7.09. The van der Waals surface area contributed by atoms with Crippen molar-refractivity contribution in [2.45, 2.75) is 41.5 Å². The summed E-state index contributed by atoms with van der Waals surface area (Å²) < 4.78 is 0. The number of benzene rings is 5. The molecule has 0 aromatic heterocycles. The molecule has 0 spiro atoms. The molecule has 0 fully saturated rings. The lowest BCUT2D eigenvalue weighted by atomic mass is 9.33. The average molecular weight is 598 g/mol. The van der Waals surface area contributed by atoms with Crippen LogP contribution in [-0.2, 0) is 0 Å². The van der Waals surface area contributed by atoms with Crippen LogP contribution in [0, 0.1) is 64.2 Å². The molecule has 0 aliphatic rings. The first kappa shape index (κ1) is 32.1. The van der Waals surface area contributed by atoms with Crippen LogP contribution in [0.5, 0.6) is 0 Å². The standard InChI is InChI=1S/C42H40BN3/c1-27-19-29(3)41(30(4)20-27)43(42-31(5)21-28(2)22-32(42)6)39-12-10-9-11-37(39)38-24-36(17-18-40(38)46(7)8)35-15-13-33(14-16-35)23-34(25-44)26-45/h9-24H,1-8H3. The van der Waals surface area contributed by atoms with E-state index in [-0.39, 0.29) is 12.3 Å². The lowest BCUT2D eigenvalue weighted by Gasteiger charge is -2.28. The summed E-state index contributed by atoms with van der Waals surface area (Å²) in [6.07, 6.45) is 1.62. The van der Waals surface area contributed by atoms with Crippen LogP contribution in [0.2, 0.25) is 0 Å². The molecule has 5 aromatic carbocycles. The van der Waals surface area contributed by atoms with Gasteiger partial charge in [0, 0.05) is 25.3 Å². The SMILES string of the molecule is Cc1cc(C)c(B(c2ccccc2-c2cc(-c3ccc(C=C(C#N)C#N)cc3)ccc2N(C)C)c2c(C)cc(C)cc2C)c(C)c1. The van der Waals surface area contributed by atoms with Gasteiger partial charge in [0.25, 0.3) is 0 Å². The number of nitriles is 2. The third-order valence-corrected chi connectivity index (χ3v) is 8.89. The Bertz CT molecular complexity index is 1930. The van der Waals surface area contributed by atoms with E-state index in [9.17, 15) is 10.5 Å². The van der Waals surface area contributed by atoms with Gasteiger partial charge >= 0.3 is 0 Å². The molecule has 3 nitrogen and oxygen atoms in total. The van der Waals surface area contributed by atoms with Gasteiger partial charge < -0.3 is 4.90 Å². The quantitative estimate of drug-likeness (QED) is 0.142. The highest BCUT2D eigenvalue weighted by atomic mass is 15.1. The van der Waals surface area contributed by atoms with E-state index in [1.165, 1.54) is 60.9 Å². The maximum absolute atomic E-state index is 9.18. The molecule has 0 N–H and O–H groups in total. The fourth-order valence-corrected chi connectivity index (χ4v) is 7.09. The number of rotatable bonds is 7. The minimum absolute atomic E-state index is 0.0524. The highest BCUT2D eigenvalue weighted by Gasteiger charge is 2.31. The average Bonchev–Trinajstić information content (AvgIpc) is 3.02. The van der Waals surface area contributed by atoms with Crippen LogP contribution in [0.25, 0.3) is 28.3 Å². The Hall–Kier alpha value is -5.32. The summed E-state index contributed by atoms with van der Waals surface area (Å²) in [6, 6.07) is 36.8. The van der Waals surface area contributed by atoms with E-state index < -0.39 is 0 Å². The third-order valence-electron chi connectivity index (χ3n) is 8.89. The number of hydrogen-bond donors (Lipinski definition) is 0. The molecule has 46 heavy (non-hydrogen) atoms. The van der Waals surface area contributed by atoms with Crippen molar-refractivity contribution >= 4 is 34.9 Å². The van der Waals surface area contributed by atoms with Gasteiger partial charge in [-0.15, -0.1) is 0 Å². The van der Waals surface area contributed by atoms with Crippen molar-refractivity contribution < 1.29 is 0 Å². The molecule has 5 rings (SSSR count). The van der Waals surface area contributed by atoms with Crippen molar-refractivity contribution in [2.75, 3.05) is 19.0 Å². The monoisotopic (exact) mass is 597 g/mol. The van der Waals surface area contributed by atoms with E-state index in [0.29, 0.717) is 0 Å². The molecule has 5 aromatic rings. The molecule has 0 aliphatic carbocycles. The molecule has 0 bridgehead atoms. The van der Waals surface area contributed by atoms with Crippen molar-refractivity contribution in [3.05, 3.63) is 136 Å². The van der Waals surface area contributed by atoms with Gasteiger partial charge in [0.15, 0.2) is 0 Å². The summed E-state index contributed by atoms with van der Waals surface area (Å²) in [6.45, 7) is 13.4. The Morgan fingerprint density at radius 1 is 0.609 bits per heavy atom. The highest BCUT2D eigenvalue weighted by molar-refractivity contribution is 6.97. The number of nitrogens with zero attached hydrogens (tertiary/aromatic N) is 3. The normalized spacial score (nSPS) is 10.6. The largest absolute Gasteiger partial charge is 0.377 e. The Balaban J connectivity index is 1.76. The van der Waals surface area contributed by atoms with E-state index in [2.05, 4.69) is 139 Å². The molecule has 0 aliphatic heterocycles. The second-order valence-corrected chi connectivity index (χ2v) is 12.7. The second-order valence-electron chi connectivity index (χ2n) is 12.7. The van der Waals surface area contributed by atoms with Gasteiger partial charge in [-0.2, -0.15) is 10.5 Å². The summed E-state index contributed by atoms with van der Waals surface area (Å²) in [5.41, 5.74) is 18.5. The smallest absolute Gasteiger partial charge is 0.243 e. The van der Waals surface area contributed by atoms with Gasteiger partial charge in [0.1, 0.15) is 17.7 Å². The van der Waals surface area contributed by atoms with Crippen molar-refractivity contribution in [1.82, 2.24) is 0 Å². The molecule has 0 radical (unpaired) electrons. The summed E-state index contributed by atoms with van der Waals surface area (Å²) in [5, 5.41) is 18.4. The van der Waals surface area contributed by atoms with Crippen LogP contribution in [0.15, 0.2) is 96.6 Å². The molecule has 0 heterocycles. The van der Waals surface area contributed by atoms with E-state index in [1.54, 1.807) is 6.08 Å². The van der Waals surface area contributed by atoms with E-state index >= 15 is 0 Å². The minimum atomic E-state index is 0.0524. The predicted molar refractivity (Wildman–Crippen MR) is 197 cm³/mol. The minimum Gasteiger partial charge on any atom is -0.377 e. The maximum atomic E-state index is 9.18. The van der Waals surface area contributed by atoms with Crippen LogP contribution in [0.3, 0.4) is 0 Å². The van der Waals surface area contributed by atoms with Crippen molar-refractivity contribution in [1.29, 1.82) is 10.5 Å². The molecule has 0 amide bonds. The Morgan fingerprint density at radius 2 is 1.11 bits per heavy atom. The van der Waals surface area contributed by atoms with Gasteiger partial charge in [-0.05, 0) is 82.0 Å². The summed E-state index contributed by atoms with van der Waals surface area (Å²) in [5.74, 6) is 0. The van der Waals surface area contributed by atoms with Crippen LogP contribution in [0.1, 0.15) is 38.9 Å². The van der Waals surface area contributed by atoms with Gasteiger partial charge in [0.2, 0.25) is 6.71 Å². The summed E-state index contributed by atoms with van der Waals surface area (Å²) in [7, 11) is 4.20. The molecule has 0 saturated heterocycles. The molecule has 0 unspecified atom stereocenters. The van der Waals surface area contributed by atoms with Crippen molar-refractivity contribution in [3.63, 3.8) is 0 Å². The predicted octanol–water partition coefficient (Wildman–Crippen LogP) is 7.88. The second kappa shape index (κ2) is 13.4.